The van der Waals surface area contributed by atoms with Crippen molar-refractivity contribution in [2.24, 2.45) is 0 Å². The van der Waals surface area contributed by atoms with Gasteiger partial charge in [-0.25, -0.2) is 0 Å². The van der Waals surface area contributed by atoms with Crippen molar-refractivity contribution in [2.45, 2.75) is 44.8 Å². The van der Waals surface area contributed by atoms with Gasteiger partial charge in [-0.1, -0.05) is 45.0 Å². The summed E-state index contributed by atoms with van der Waals surface area (Å²) in [6.07, 6.45) is -4.91. The van der Waals surface area contributed by atoms with Crippen molar-refractivity contribution in [1.82, 2.24) is 5.32 Å². The van der Waals surface area contributed by atoms with Gasteiger partial charge >= 0.3 is 12.1 Å². The lowest BCUT2D eigenvalue weighted by Crippen LogP contribution is -2.34. The standard InChI is InChI=1S/C17H22F3NO4/c1-16(2,3)12-6-4-11(5-7-12)13(8-15(23)24)21-14(22)9-25-10-17(18,19)20/h4-7,13H,8-10H2,1-3H3,(H,21,22)(H,23,24). The normalized spacial score (nSPS) is 13.4. The average molecular weight is 361 g/mol. The van der Waals surface area contributed by atoms with Crippen LogP contribution >= 0.6 is 0 Å². The van der Waals surface area contributed by atoms with E-state index in [1.54, 1.807) is 12.1 Å². The van der Waals surface area contributed by atoms with E-state index in [4.69, 9.17) is 5.11 Å². The van der Waals surface area contributed by atoms with Crippen LogP contribution < -0.4 is 5.32 Å². The van der Waals surface area contributed by atoms with Crippen LogP contribution in [0.1, 0.15) is 44.4 Å². The Morgan fingerprint density at radius 3 is 2.16 bits per heavy atom. The Balaban J connectivity index is 2.77. The Kier molecular flexibility index (Phi) is 6.98. The number of ether oxygens (including phenoxy) is 1. The van der Waals surface area contributed by atoms with Crippen molar-refractivity contribution >= 4 is 11.9 Å². The SMILES string of the molecule is CC(C)(C)c1ccc(C(CC(=O)O)NC(=O)COCC(F)(F)F)cc1. The van der Waals surface area contributed by atoms with Crippen molar-refractivity contribution in [3.8, 4) is 0 Å². The average Bonchev–Trinajstić information content (AvgIpc) is 2.44. The molecule has 25 heavy (non-hydrogen) atoms. The predicted molar refractivity (Wildman–Crippen MR) is 85.2 cm³/mol. The molecule has 0 heterocycles. The summed E-state index contributed by atoms with van der Waals surface area (Å²) < 4.78 is 40.3. The fourth-order valence-corrected chi connectivity index (χ4v) is 2.14. The Morgan fingerprint density at radius 1 is 1.16 bits per heavy atom. The molecule has 1 unspecified atom stereocenters. The second-order valence-electron chi connectivity index (χ2n) is 6.70. The molecule has 0 aromatic heterocycles. The molecule has 1 atom stereocenters. The Hall–Kier alpha value is -2.09. The van der Waals surface area contributed by atoms with Crippen molar-refractivity contribution in [3.05, 3.63) is 35.4 Å². The molecule has 0 aliphatic carbocycles. The molecule has 0 aliphatic rings. The summed E-state index contributed by atoms with van der Waals surface area (Å²) in [4.78, 5) is 22.7. The first-order valence-corrected chi connectivity index (χ1v) is 7.64. The lowest BCUT2D eigenvalue weighted by Gasteiger charge is -2.22. The number of halogens is 3. The molecular formula is C17H22F3NO4. The molecule has 2 N–H and O–H groups in total. The third kappa shape index (κ3) is 8.02. The first-order chi connectivity index (χ1) is 11.4. The fraction of sp³-hybridized carbons (Fsp3) is 0.529. The number of carboxylic acids is 1. The van der Waals surface area contributed by atoms with Crippen molar-refractivity contribution in [2.75, 3.05) is 13.2 Å². The molecule has 0 radical (unpaired) electrons. The van der Waals surface area contributed by atoms with Gasteiger partial charge in [0.05, 0.1) is 12.5 Å². The van der Waals surface area contributed by atoms with Gasteiger partial charge in [0.15, 0.2) is 0 Å². The molecule has 140 valence electrons. The smallest absolute Gasteiger partial charge is 0.411 e. The minimum Gasteiger partial charge on any atom is -0.481 e. The molecule has 8 heteroatoms. The predicted octanol–water partition coefficient (Wildman–Crippen LogP) is 3.20. The number of carbonyl (C=O) groups is 2. The van der Waals surface area contributed by atoms with Crippen molar-refractivity contribution in [3.63, 3.8) is 0 Å². The second-order valence-corrected chi connectivity index (χ2v) is 6.70. The molecule has 0 saturated carbocycles. The van der Waals surface area contributed by atoms with Gasteiger partial charge in [0.2, 0.25) is 5.91 Å². The first kappa shape index (κ1) is 21.0. The van der Waals surface area contributed by atoms with Gasteiger partial charge in [-0.15, -0.1) is 0 Å². The van der Waals surface area contributed by atoms with E-state index in [1.807, 2.05) is 32.9 Å². The summed E-state index contributed by atoms with van der Waals surface area (Å²) >= 11 is 0. The molecule has 0 aliphatic heterocycles. The minimum atomic E-state index is -4.52. The number of hydrogen-bond donors (Lipinski definition) is 2. The van der Waals surface area contributed by atoms with Gasteiger partial charge in [0.25, 0.3) is 0 Å². The number of carbonyl (C=O) groups excluding carboxylic acids is 1. The molecule has 0 fully saturated rings. The van der Waals surface area contributed by atoms with E-state index in [2.05, 4.69) is 10.1 Å². The van der Waals surface area contributed by atoms with Crippen LogP contribution in [0.5, 0.6) is 0 Å². The summed E-state index contributed by atoms with van der Waals surface area (Å²) in [5.74, 6) is -1.95. The number of carboxylic acid groups (broad SMARTS) is 1. The third-order valence-electron chi connectivity index (χ3n) is 3.39. The lowest BCUT2D eigenvalue weighted by molar-refractivity contribution is -0.175. The largest absolute Gasteiger partial charge is 0.481 e. The highest BCUT2D eigenvalue weighted by Gasteiger charge is 2.28. The van der Waals surface area contributed by atoms with E-state index < -0.39 is 37.3 Å². The van der Waals surface area contributed by atoms with Crippen LogP contribution in [0.4, 0.5) is 13.2 Å². The zero-order valence-electron chi connectivity index (χ0n) is 14.3. The van der Waals surface area contributed by atoms with Gasteiger partial charge in [-0.2, -0.15) is 13.2 Å². The molecule has 1 aromatic carbocycles. The maximum absolute atomic E-state index is 12.0. The highest BCUT2D eigenvalue weighted by Crippen LogP contribution is 2.25. The van der Waals surface area contributed by atoms with E-state index >= 15 is 0 Å². The zero-order chi connectivity index (χ0) is 19.3. The molecule has 1 amide bonds. The summed E-state index contributed by atoms with van der Waals surface area (Å²) in [5.41, 5.74) is 1.50. The van der Waals surface area contributed by atoms with Crippen LogP contribution in [0.2, 0.25) is 0 Å². The number of aliphatic carboxylic acids is 1. The highest BCUT2D eigenvalue weighted by atomic mass is 19.4. The van der Waals surface area contributed by atoms with Crippen molar-refractivity contribution < 1.29 is 32.6 Å². The fourth-order valence-electron chi connectivity index (χ4n) is 2.14. The molecule has 0 spiro atoms. The van der Waals surface area contributed by atoms with Crippen LogP contribution in [0.3, 0.4) is 0 Å². The maximum Gasteiger partial charge on any atom is 0.411 e. The van der Waals surface area contributed by atoms with Crippen LogP contribution in [0.15, 0.2) is 24.3 Å². The number of amides is 1. The number of hydrogen-bond acceptors (Lipinski definition) is 3. The van der Waals surface area contributed by atoms with Gasteiger partial charge in [-0.3, -0.25) is 9.59 Å². The second kappa shape index (κ2) is 8.33. The quantitative estimate of drug-likeness (QED) is 0.782. The summed E-state index contributed by atoms with van der Waals surface area (Å²) in [6.45, 7) is 3.74. The van der Waals surface area contributed by atoms with Gasteiger partial charge in [0, 0.05) is 0 Å². The highest BCUT2D eigenvalue weighted by molar-refractivity contribution is 5.78. The molecule has 5 nitrogen and oxygen atoms in total. The maximum atomic E-state index is 12.0. The lowest BCUT2D eigenvalue weighted by atomic mass is 9.86. The summed E-state index contributed by atoms with van der Waals surface area (Å²) in [6, 6.07) is 6.21. The van der Waals surface area contributed by atoms with Gasteiger partial charge in [0.1, 0.15) is 13.2 Å². The van der Waals surface area contributed by atoms with Crippen molar-refractivity contribution in [1.29, 1.82) is 0 Å². The van der Waals surface area contributed by atoms with E-state index in [1.165, 1.54) is 0 Å². The monoisotopic (exact) mass is 361 g/mol. The van der Waals surface area contributed by atoms with E-state index in [0.29, 0.717) is 5.56 Å². The number of nitrogens with one attached hydrogen (secondary N) is 1. The molecule has 1 aromatic rings. The van der Waals surface area contributed by atoms with Crippen LogP contribution in [-0.4, -0.2) is 36.4 Å². The van der Waals surface area contributed by atoms with Crippen LogP contribution in [0.25, 0.3) is 0 Å². The summed E-state index contributed by atoms with van der Waals surface area (Å²) in [7, 11) is 0. The first-order valence-electron chi connectivity index (χ1n) is 7.64. The number of rotatable bonds is 7. The Bertz CT molecular complexity index is 591. The molecular weight excluding hydrogens is 339 g/mol. The van der Waals surface area contributed by atoms with Gasteiger partial charge in [-0.05, 0) is 16.5 Å². The van der Waals surface area contributed by atoms with Gasteiger partial charge < -0.3 is 15.2 Å². The number of benzene rings is 1. The Labute approximate surface area is 144 Å². The third-order valence-corrected chi connectivity index (χ3v) is 3.39. The van der Waals surface area contributed by atoms with Crippen LogP contribution in [-0.2, 0) is 19.7 Å². The van der Waals surface area contributed by atoms with E-state index in [9.17, 15) is 22.8 Å². The number of alkyl halides is 3. The van der Waals surface area contributed by atoms with E-state index in [-0.39, 0.29) is 11.8 Å². The topological polar surface area (TPSA) is 75.6 Å². The Morgan fingerprint density at radius 2 is 1.72 bits per heavy atom. The molecule has 1 rings (SSSR count). The summed E-state index contributed by atoms with van der Waals surface area (Å²) in [5, 5.41) is 11.4. The molecule has 0 saturated heterocycles. The van der Waals surface area contributed by atoms with Crippen LogP contribution in [0, 0.1) is 0 Å². The minimum absolute atomic E-state index is 0.0878. The van der Waals surface area contributed by atoms with E-state index in [0.717, 1.165) is 5.56 Å². The zero-order valence-corrected chi connectivity index (χ0v) is 14.3. The molecule has 0 bridgehead atoms.